The van der Waals surface area contributed by atoms with E-state index in [4.69, 9.17) is 15.2 Å². The minimum absolute atomic E-state index is 0.172. The second kappa shape index (κ2) is 6.45. The van der Waals surface area contributed by atoms with E-state index in [1.165, 1.54) is 33.5 Å². The normalized spacial score (nSPS) is 10.8. The number of benzene rings is 1. The molecule has 1 aromatic carbocycles. The maximum Gasteiger partial charge on any atom is 0.341 e. The van der Waals surface area contributed by atoms with Crippen LogP contribution < -0.4 is 20.5 Å². The maximum atomic E-state index is 12.0. The molecule has 0 aliphatic heterocycles. The molecule has 0 spiro atoms. The van der Waals surface area contributed by atoms with Gasteiger partial charge >= 0.3 is 5.97 Å². The molecule has 7 nitrogen and oxygen atoms in total. The van der Waals surface area contributed by atoms with Crippen molar-refractivity contribution < 1.29 is 23.8 Å². The third-order valence-electron chi connectivity index (χ3n) is 2.76. The fraction of sp³-hybridized carbons (Fsp3) is 0.429. The van der Waals surface area contributed by atoms with Crippen LogP contribution >= 0.6 is 0 Å². The molecule has 0 unspecified atom stereocenters. The number of amides is 1. The van der Waals surface area contributed by atoms with Crippen molar-refractivity contribution in [3.63, 3.8) is 0 Å². The molecule has 0 heterocycles. The monoisotopic (exact) mass is 296 g/mol. The van der Waals surface area contributed by atoms with Crippen molar-refractivity contribution in [3.8, 4) is 11.5 Å². The van der Waals surface area contributed by atoms with Crippen LogP contribution in [0.1, 0.15) is 24.2 Å². The topological polar surface area (TPSA) is 99.9 Å². The molecule has 0 atom stereocenters. The summed E-state index contributed by atoms with van der Waals surface area (Å²) in [4.78, 5) is 23.7. The Labute approximate surface area is 123 Å². The molecule has 21 heavy (non-hydrogen) atoms. The first-order valence-corrected chi connectivity index (χ1v) is 6.19. The van der Waals surface area contributed by atoms with Crippen LogP contribution in [0.4, 0.5) is 5.69 Å². The fourth-order valence-electron chi connectivity index (χ4n) is 1.55. The molecule has 0 saturated carbocycles. The largest absolute Gasteiger partial charge is 0.496 e. The van der Waals surface area contributed by atoms with Crippen molar-refractivity contribution in [1.29, 1.82) is 0 Å². The van der Waals surface area contributed by atoms with Gasteiger partial charge in [-0.1, -0.05) is 0 Å². The van der Waals surface area contributed by atoms with E-state index in [-0.39, 0.29) is 11.3 Å². The van der Waals surface area contributed by atoms with Crippen molar-refractivity contribution >= 4 is 17.6 Å². The Hall–Kier alpha value is -2.28. The predicted molar refractivity (Wildman–Crippen MR) is 77.8 cm³/mol. The molecule has 0 saturated heterocycles. The molecule has 0 aliphatic carbocycles. The van der Waals surface area contributed by atoms with Crippen LogP contribution in [-0.2, 0) is 9.53 Å². The first-order chi connectivity index (χ1) is 9.74. The average molecular weight is 296 g/mol. The summed E-state index contributed by atoms with van der Waals surface area (Å²) in [7, 11) is 4.12. The molecule has 0 radical (unpaired) electrons. The highest BCUT2D eigenvalue weighted by atomic mass is 16.5. The van der Waals surface area contributed by atoms with E-state index in [1.807, 2.05) is 0 Å². The minimum atomic E-state index is -1.07. The summed E-state index contributed by atoms with van der Waals surface area (Å²) in [6.45, 7) is 3.14. The molecule has 0 aliphatic rings. The van der Waals surface area contributed by atoms with Gasteiger partial charge in [0, 0.05) is 6.07 Å². The first-order valence-electron chi connectivity index (χ1n) is 6.19. The molecular weight excluding hydrogens is 276 g/mol. The van der Waals surface area contributed by atoms with E-state index in [9.17, 15) is 9.59 Å². The van der Waals surface area contributed by atoms with Crippen LogP contribution in [0.2, 0.25) is 0 Å². The second-order valence-corrected chi connectivity index (χ2v) is 4.92. The van der Waals surface area contributed by atoms with Gasteiger partial charge in [0.05, 0.1) is 32.6 Å². The van der Waals surface area contributed by atoms with Gasteiger partial charge in [-0.05, 0) is 19.9 Å². The number of carbonyl (C=O) groups excluding carboxylic acids is 2. The van der Waals surface area contributed by atoms with Crippen molar-refractivity contribution in [3.05, 3.63) is 17.7 Å². The van der Waals surface area contributed by atoms with E-state index >= 15 is 0 Å². The molecule has 1 rings (SSSR count). The molecule has 0 aromatic heterocycles. The van der Waals surface area contributed by atoms with E-state index < -0.39 is 17.4 Å². The van der Waals surface area contributed by atoms with Gasteiger partial charge in [-0.2, -0.15) is 0 Å². The zero-order valence-corrected chi connectivity index (χ0v) is 12.8. The third kappa shape index (κ3) is 3.85. The Bertz CT molecular complexity index is 549. The smallest absolute Gasteiger partial charge is 0.341 e. The summed E-state index contributed by atoms with van der Waals surface area (Å²) in [5, 5.41) is 2.62. The number of methoxy groups -OCH3 is 3. The Morgan fingerprint density at radius 1 is 1.10 bits per heavy atom. The quantitative estimate of drug-likeness (QED) is 0.791. The molecule has 0 fully saturated rings. The number of nitrogens with one attached hydrogen (secondary N) is 1. The summed E-state index contributed by atoms with van der Waals surface area (Å²) >= 11 is 0. The van der Waals surface area contributed by atoms with Crippen LogP contribution in [0.25, 0.3) is 0 Å². The van der Waals surface area contributed by atoms with Gasteiger partial charge in [0.1, 0.15) is 17.1 Å². The average Bonchev–Trinajstić information content (AvgIpc) is 2.44. The maximum absolute atomic E-state index is 12.0. The van der Waals surface area contributed by atoms with E-state index in [2.05, 4.69) is 10.1 Å². The highest BCUT2D eigenvalue weighted by molar-refractivity contribution is 6.01. The van der Waals surface area contributed by atoms with Crippen molar-refractivity contribution in [2.75, 3.05) is 26.6 Å². The highest BCUT2D eigenvalue weighted by Crippen LogP contribution is 2.33. The van der Waals surface area contributed by atoms with Crippen LogP contribution in [0.15, 0.2) is 12.1 Å². The number of esters is 1. The van der Waals surface area contributed by atoms with Crippen LogP contribution in [-0.4, -0.2) is 38.7 Å². The molecule has 7 heteroatoms. The standard InChI is InChI=1S/C14H20N2O5/c1-14(2,15)13(18)16-9-6-8(12(17)21-5)10(19-3)7-11(9)20-4/h6-7H,15H2,1-5H3,(H,16,18). The summed E-state index contributed by atoms with van der Waals surface area (Å²) < 4.78 is 15.0. The summed E-state index contributed by atoms with van der Waals surface area (Å²) in [6, 6.07) is 2.92. The first kappa shape index (κ1) is 16.8. The lowest BCUT2D eigenvalue weighted by Crippen LogP contribution is -2.45. The van der Waals surface area contributed by atoms with Crippen LogP contribution in [0.3, 0.4) is 0 Å². The van der Waals surface area contributed by atoms with E-state index in [1.54, 1.807) is 13.8 Å². The van der Waals surface area contributed by atoms with Gasteiger partial charge in [-0.25, -0.2) is 4.79 Å². The van der Waals surface area contributed by atoms with E-state index in [0.717, 1.165) is 0 Å². The van der Waals surface area contributed by atoms with Gasteiger partial charge in [0.2, 0.25) is 5.91 Å². The summed E-state index contributed by atoms with van der Waals surface area (Å²) in [5.74, 6) is -0.375. The van der Waals surface area contributed by atoms with Gasteiger partial charge in [0.25, 0.3) is 0 Å². The zero-order valence-electron chi connectivity index (χ0n) is 12.8. The third-order valence-corrected chi connectivity index (χ3v) is 2.76. The van der Waals surface area contributed by atoms with Crippen LogP contribution in [0.5, 0.6) is 11.5 Å². The van der Waals surface area contributed by atoms with Gasteiger partial charge in [0.15, 0.2) is 0 Å². The lowest BCUT2D eigenvalue weighted by molar-refractivity contribution is -0.120. The summed E-state index contributed by atoms with van der Waals surface area (Å²) in [5.41, 5.74) is 5.14. The number of rotatable bonds is 5. The number of hydrogen-bond acceptors (Lipinski definition) is 6. The lowest BCUT2D eigenvalue weighted by Gasteiger charge is -2.20. The highest BCUT2D eigenvalue weighted by Gasteiger charge is 2.25. The molecule has 0 bridgehead atoms. The van der Waals surface area contributed by atoms with Crippen molar-refractivity contribution in [2.45, 2.75) is 19.4 Å². The molecular formula is C14H20N2O5. The molecule has 116 valence electrons. The Balaban J connectivity index is 3.30. The molecule has 1 aromatic rings. The Kier molecular flexibility index (Phi) is 5.15. The van der Waals surface area contributed by atoms with Gasteiger partial charge < -0.3 is 25.3 Å². The van der Waals surface area contributed by atoms with Gasteiger partial charge in [-0.3, -0.25) is 4.79 Å². The number of nitrogens with two attached hydrogens (primary N) is 1. The second-order valence-electron chi connectivity index (χ2n) is 4.92. The predicted octanol–water partition coefficient (Wildman–Crippen LogP) is 1.17. The minimum Gasteiger partial charge on any atom is -0.496 e. The molecule has 3 N–H and O–H groups in total. The fourth-order valence-corrected chi connectivity index (χ4v) is 1.55. The zero-order chi connectivity index (χ0) is 16.2. The number of ether oxygens (including phenoxy) is 3. The number of anilines is 1. The van der Waals surface area contributed by atoms with Gasteiger partial charge in [-0.15, -0.1) is 0 Å². The lowest BCUT2D eigenvalue weighted by atomic mass is 10.1. The Morgan fingerprint density at radius 2 is 1.67 bits per heavy atom. The van der Waals surface area contributed by atoms with E-state index in [0.29, 0.717) is 11.4 Å². The Morgan fingerprint density at radius 3 is 2.10 bits per heavy atom. The molecule has 1 amide bonds. The van der Waals surface area contributed by atoms with Crippen molar-refractivity contribution in [2.24, 2.45) is 5.73 Å². The SMILES string of the molecule is COC(=O)c1cc(NC(=O)C(C)(C)N)c(OC)cc1OC. The summed E-state index contributed by atoms with van der Waals surface area (Å²) in [6.07, 6.45) is 0. The van der Waals surface area contributed by atoms with Crippen LogP contribution in [0, 0.1) is 0 Å². The number of hydrogen-bond donors (Lipinski definition) is 2. The van der Waals surface area contributed by atoms with Crippen molar-refractivity contribution in [1.82, 2.24) is 0 Å². The number of carbonyl (C=O) groups is 2.